The molecule has 3 rings (SSSR count). The summed E-state index contributed by atoms with van der Waals surface area (Å²) in [5.74, 6) is -0.578. The summed E-state index contributed by atoms with van der Waals surface area (Å²) in [6, 6.07) is 15.0. The van der Waals surface area contributed by atoms with Gasteiger partial charge in [-0.15, -0.1) is 0 Å². The highest BCUT2D eigenvalue weighted by atomic mass is 16.6. The molecular formula is C20H23N3O4. The number of hydrogen-bond acceptors (Lipinski definition) is 6. The fourth-order valence-corrected chi connectivity index (χ4v) is 3.45. The first-order valence-corrected chi connectivity index (χ1v) is 8.89. The Hall–Kier alpha value is -2.93. The van der Waals surface area contributed by atoms with Gasteiger partial charge in [0.2, 0.25) is 0 Å². The van der Waals surface area contributed by atoms with Crippen molar-refractivity contribution < 1.29 is 14.5 Å². The van der Waals surface area contributed by atoms with Crippen molar-refractivity contribution in [2.24, 2.45) is 0 Å². The first kappa shape index (κ1) is 18.8. The van der Waals surface area contributed by atoms with Gasteiger partial charge in [0, 0.05) is 38.3 Å². The van der Waals surface area contributed by atoms with Gasteiger partial charge < -0.3 is 9.64 Å². The molecule has 7 heteroatoms. The largest absolute Gasteiger partial charge is 0.465 e. The third kappa shape index (κ3) is 4.25. The fraction of sp³-hybridized carbons (Fsp3) is 0.350. The molecule has 142 valence electrons. The summed E-state index contributed by atoms with van der Waals surface area (Å²) < 4.78 is 4.66. The number of rotatable bonds is 5. The number of esters is 1. The zero-order valence-corrected chi connectivity index (χ0v) is 15.5. The van der Waals surface area contributed by atoms with Crippen LogP contribution < -0.4 is 4.90 Å². The molecule has 1 heterocycles. The van der Waals surface area contributed by atoms with Gasteiger partial charge in [-0.2, -0.15) is 0 Å². The molecule has 0 aliphatic carbocycles. The molecule has 1 fully saturated rings. The number of piperazine rings is 1. The van der Waals surface area contributed by atoms with Crippen molar-refractivity contribution in [2.45, 2.75) is 19.5 Å². The van der Waals surface area contributed by atoms with Crippen molar-refractivity contribution >= 4 is 17.3 Å². The van der Waals surface area contributed by atoms with Gasteiger partial charge in [0.15, 0.2) is 0 Å². The predicted molar refractivity (Wildman–Crippen MR) is 103 cm³/mol. The highest BCUT2D eigenvalue weighted by Gasteiger charge is 2.28. The number of carbonyl (C=O) groups is 1. The highest BCUT2D eigenvalue weighted by molar-refractivity contribution is 5.91. The van der Waals surface area contributed by atoms with Crippen LogP contribution in [0, 0.1) is 10.1 Å². The molecule has 1 aliphatic rings. The molecule has 0 bridgehead atoms. The van der Waals surface area contributed by atoms with E-state index < -0.39 is 10.9 Å². The Balaban J connectivity index is 1.76. The lowest BCUT2D eigenvalue weighted by atomic mass is 10.1. The molecule has 2 aromatic rings. The lowest BCUT2D eigenvalue weighted by Gasteiger charge is -2.40. The number of carbonyl (C=O) groups excluding carboxylic acids is 1. The minimum absolute atomic E-state index is 0.0680. The summed E-state index contributed by atoms with van der Waals surface area (Å²) in [4.78, 5) is 27.2. The molecule has 1 unspecified atom stereocenters. The van der Waals surface area contributed by atoms with E-state index in [1.807, 2.05) is 23.1 Å². The van der Waals surface area contributed by atoms with Crippen LogP contribution in [0.3, 0.4) is 0 Å². The number of benzene rings is 2. The van der Waals surface area contributed by atoms with E-state index >= 15 is 0 Å². The van der Waals surface area contributed by atoms with Gasteiger partial charge in [0.1, 0.15) is 5.69 Å². The molecule has 0 aromatic heterocycles. The average Bonchev–Trinajstić information content (AvgIpc) is 2.69. The maximum atomic E-state index is 11.7. The Bertz CT molecular complexity index is 825. The van der Waals surface area contributed by atoms with Crippen LogP contribution >= 0.6 is 0 Å². The number of nitro benzene ring substituents is 1. The van der Waals surface area contributed by atoms with Crippen molar-refractivity contribution in [1.82, 2.24) is 4.90 Å². The summed E-state index contributed by atoms with van der Waals surface area (Å²) in [6.07, 6.45) is 0. The number of ether oxygens (including phenoxy) is 1. The molecule has 1 saturated heterocycles. The normalized spacial score (nSPS) is 17.6. The minimum Gasteiger partial charge on any atom is -0.465 e. The van der Waals surface area contributed by atoms with Crippen molar-refractivity contribution in [2.75, 3.05) is 31.6 Å². The topological polar surface area (TPSA) is 75.9 Å². The predicted octanol–water partition coefficient (Wildman–Crippen LogP) is 3.09. The first-order chi connectivity index (χ1) is 13.0. The van der Waals surface area contributed by atoms with Crippen molar-refractivity contribution in [3.8, 4) is 0 Å². The maximum Gasteiger partial charge on any atom is 0.338 e. The van der Waals surface area contributed by atoms with E-state index in [1.165, 1.54) is 18.7 Å². The van der Waals surface area contributed by atoms with Crippen LogP contribution in [0.5, 0.6) is 0 Å². The van der Waals surface area contributed by atoms with Crippen LogP contribution in [0.1, 0.15) is 22.8 Å². The van der Waals surface area contributed by atoms with E-state index in [4.69, 9.17) is 0 Å². The van der Waals surface area contributed by atoms with Crippen molar-refractivity contribution in [1.29, 1.82) is 0 Å². The smallest absolute Gasteiger partial charge is 0.338 e. The lowest BCUT2D eigenvalue weighted by Crippen LogP contribution is -2.51. The fourth-order valence-electron chi connectivity index (χ4n) is 3.45. The summed E-state index contributed by atoms with van der Waals surface area (Å²) >= 11 is 0. The van der Waals surface area contributed by atoms with Gasteiger partial charge in [-0.1, -0.05) is 30.3 Å². The Morgan fingerprint density at radius 1 is 1.22 bits per heavy atom. The second kappa shape index (κ2) is 8.18. The van der Waals surface area contributed by atoms with Crippen LogP contribution in [-0.2, 0) is 11.3 Å². The van der Waals surface area contributed by atoms with Gasteiger partial charge in [-0.3, -0.25) is 15.0 Å². The Kier molecular flexibility index (Phi) is 5.71. The Morgan fingerprint density at radius 2 is 1.96 bits per heavy atom. The van der Waals surface area contributed by atoms with Crippen molar-refractivity contribution in [3.63, 3.8) is 0 Å². The molecule has 1 atom stereocenters. The molecule has 0 N–H and O–H groups in total. The van der Waals surface area contributed by atoms with E-state index in [0.29, 0.717) is 18.8 Å². The molecular weight excluding hydrogens is 346 g/mol. The van der Waals surface area contributed by atoms with E-state index in [1.54, 1.807) is 12.1 Å². The van der Waals surface area contributed by atoms with Gasteiger partial charge in [-0.05, 0) is 24.6 Å². The number of hydrogen-bond donors (Lipinski definition) is 0. The summed E-state index contributed by atoms with van der Waals surface area (Å²) in [7, 11) is 1.26. The van der Waals surface area contributed by atoms with E-state index in [9.17, 15) is 14.9 Å². The standard InChI is InChI=1S/C20H23N3O4/c1-15-13-22(11-10-21(15)14-16-6-4-3-5-7-16)18-9-8-17(20(24)27-2)12-19(18)23(25)26/h3-9,12,15H,10-11,13-14H2,1-2H3. The third-order valence-corrected chi connectivity index (χ3v) is 4.93. The van der Waals surface area contributed by atoms with Gasteiger partial charge in [-0.25, -0.2) is 4.79 Å². The third-order valence-electron chi connectivity index (χ3n) is 4.93. The van der Waals surface area contributed by atoms with E-state index in [0.717, 1.165) is 13.1 Å². The van der Waals surface area contributed by atoms with E-state index in [2.05, 4.69) is 28.7 Å². The Morgan fingerprint density at radius 3 is 2.59 bits per heavy atom. The Labute approximate surface area is 158 Å². The molecule has 1 aliphatic heterocycles. The number of anilines is 1. The monoisotopic (exact) mass is 369 g/mol. The lowest BCUT2D eigenvalue weighted by molar-refractivity contribution is -0.384. The zero-order valence-electron chi connectivity index (χ0n) is 15.5. The second-order valence-corrected chi connectivity index (χ2v) is 6.70. The SMILES string of the molecule is COC(=O)c1ccc(N2CCN(Cc3ccccc3)C(C)C2)c([N+](=O)[O-])c1. The number of methoxy groups -OCH3 is 1. The van der Waals surface area contributed by atoms with Crippen LogP contribution in [0.4, 0.5) is 11.4 Å². The number of nitro groups is 1. The van der Waals surface area contributed by atoms with Gasteiger partial charge in [0.25, 0.3) is 5.69 Å². The van der Waals surface area contributed by atoms with Crippen LogP contribution in [-0.4, -0.2) is 48.6 Å². The molecule has 0 spiro atoms. The molecule has 7 nitrogen and oxygen atoms in total. The summed E-state index contributed by atoms with van der Waals surface area (Å²) in [5, 5.41) is 11.5. The van der Waals surface area contributed by atoms with Crippen LogP contribution in [0.25, 0.3) is 0 Å². The molecule has 2 aromatic carbocycles. The van der Waals surface area contributed by atoms with E-state index in [-0.39, 0.29) is 17.3 Å². The molecule has 0 radical (unpaired) electrons. The molecule has 0 amide bonds. The quantitative estimate of drug-likeness (QED) is 0.458. The van der Waals surface area contributed by atoms with Crippen LogP contribution in [0.15, 0.2) is 48.5 Å². The van der Waals surface area contributed by atoms with Crippen molar-refractivity contribution in [3.05, 3.63) is 69.8 Å². The highest BCUT2D eigenvalue weighted by Crippen LogP contribution is 2.31. The van der Waals surface area contributed by atoms with Gasteiger partial charge in [0.05, 0.1) is 17.6 Å². The van der Waals surface area contributed by atoms with Crippen LogP contribution in [0.2, 0.25) is 0 Å². The maximum absolute atomic E-state index is 11.7. The van der Waals surface area contributed by atoms with Gasteiger partial charge >= 0.3 is 5.97 Å². The zero-order chi connectivity index (χ0) is 19.4. The minimum atomic E-state index is -0.578. The average molecular weight is 369 g/mol. The first-order valence-electron chi connectivity index (χ1n) is 8.89. The molecule has 0 saturated carbocycles. The second-order valence-electron chi connectivity index (χ2n) is 6.70. The summed E-state index contributed by atoms with van der Waals surface area (Å²) in [5.41, 5.74) is 1.91. The summed E-state index contributed by atoms with van der Waals surface area (Å²) in [6.45, 7) is 5.18. The molecule has 27 heavy (non-hydrogen) atoms. The number of nitrogens with zero attached hydrogens (tertiary/aromatic N) is 3.